The van der Waals surface area contributed by atoms with E-state index >= 15 is 0 Å². The number of hydrogen-bond acceptors (Lipinski definition) is 4. The molecular weight excluding hydrogens is 359 g/mol. The zero-order valence-electron chi connectivity index (χ0n) is 14.0. The third-order valence-electron chi connectivity index (χ3n) is 4.13. The molecule has 0 aromatic heterocycles. The van der Waals surface area contributed by atoms with E-state index in [0.717, 1.165) is 17.7 Å². The molecule has 0 saturated carbocycles. The zero-order valence-corrected chi connectivity index (χ0v) is 14.8. The van der Waals surface area contributed by atoms with Gasteiger partial charge in [-0.25, -0.2) is 17.5 Å². The molecule has 1 unspecified atom stereocenters. The smallest absolute Gasteiger partial charge is 0.243 e. The van der Waals surface area contributed by atoms with Crippen molar-refractivity contribution < 1.29 is 22.3 Å². The predicted octanol–water partition coefficient (Wildman–Crippen LogP) is 1.70. The molecule has 1 saturated heterocycles. The molecular formula is C18H19FN2O4S. The van der Waals surface area contributed by atoms with Crippen LogP contribution < -0.4 is 4.72 Å². The molecule has 2 aromatic rings. The summed E-state index contributed by atoms with van der Waals surface area (Å²) in [6, 6.07) is 14.5. The predicted molar refractivity (Wildman–Crippen MR) is 93.3 cm³/mol. The molecule has 26 heavy (non-hydrogen) atoms. The number of carbonyl (C=O) groups is 1. The van der Waals surface area contributed by atoms with Crippen LogP contribution >= 0.6 is 0 Å². The third kappa shape index (κ3) is 4.27. The highest BCUT2D eigenvalue weighted by Gasteiger charge is 2.27. The van der Waals surface area contributed by atoms with Gasteiger partial charge in [-0.1, -0.05) is 42.5 Å². The number of amides is 1. The number of benzene rings is 2. The van der Waals surface area contributed by atoms with Gasteiger partial charge in [-0.2, -0.15) is 0 Å². The molecule has 0 aliphatic carbocycles. The van der Waals surface area contributed by atoms with Crippen molar-refractivity contribution >= 4 is 15.9 Å². The average Bonchev–Trinajstić information content (AvgIpc) is 2.67. The fraction of sp³-hybridized carbons (Fsp3) is 0.278. The van der Waals surface area contributed by atoms with Crippen LogP contribution in [0.4, 0.5) is 4.39 Å². The Morgan fingerprint density at radius 1 is 1.15 bits per heavy atom. The number of hydrogen-bond donors (Lipinski definition) is 1. The first-order valence-electron chi connectivity index (χ1n) is 8.16. The molecule has 138 valence electrons. The Labute approximate surface area is 151 Å². The lowest BCUT2D eigenvalue weighted by Gasteiger charge is -2.33. The van der Waals surface area contributed by atoms with Gasteiger partial charge in [0.2, 0.25) is 15.9 Å². The molecule has 6 nitrogen and oxygen atoms in total. The van der Waals surface area contributed by atoms with Gasteiger partial charge in [0.15, 0.2) is 0 Å². The Morgan fingerprint density at radius 2 is 1.85 bits per heavy atom. The van der Waals surface area contributed by atoms with Gasteiger partial charge >= 0.3 is 0 Å². The maximum absolute atomic E-state index is 13.7. The van der Waals surface area contributed by atoms with Crippen molar-refractivity contribution in [1.82, 2.24) is 9.62 Å². The maximum Gasteiger partial charge on any atom is 0.243 e. The first-order chi connectivity index (χ1) is 12.5. The Hall–Kier alpha value is -2.29. The first-order valence-corrected chi connectivity index (χ1v) is 9.64. The number of sulfonamides is 1. The number of ether oxygens (including phenoxy) is 1. The van der Waals surface area contributed by atoms with Crippen LogP contribution in [0.1, 0.15) is 11.7 Å². The molecule has 0 radical (unpaired) electrons. The summed E-state index contributed by atoms with van der Waals surface area (Å²) >= 11 is 0. The van der Waals surface area contributed by atoms with Crippen LogP contribution in [0.2, 0.25) is 0 Å². The van der Waals surface area contributed by atoms with E-state index in [1.165, 1.54) is 12.1 Å². The molecule has 1 atom stereocenters. The van der Waals surface area contributed by atoms with Crippen molar-refractivity contribution in [3.8, 4) is 0 Å². The number of morpholine rings is 1. The molecule has 1 fully saturated rings. The molecule has 0 bridgehead atoms. The van der Waals surface area contributed by atoms with Gasteiger partial charge in [0.05, 0.1) is 19.7 Å². The Kier molecular flexibility index (Phi) is 5.65. The molecule has 0 spiro atoms. The molecule has 1 amide bonds. The second-order valence-electron chi connectivity index (χ2n) is 5.86. The SMILES string of the molecule is O=C(CNS(=O)(=O)c1ccccc1F)N1CCOC(c2ccccc2)C1. The number of carbonyl (C=O) groups excluding carboxylic acids is 1. The number of nitrogens with one attached hydrogen (secondary N) is 1. The summed E-state index contributed by atoms with van der Waals surface area (Å²) < 4.78 is 45.9. The monoisotopic (exact) mass is 378 g/mol. The number of nitrogens with zero attached hydrogens (tertiary/aromatic N) is 1. The lowest BCUT2D eigenvalue weighted by Crippen LogP contribution is -2.46. The zero-order chi connectivity index (χ0) is 18.6. The lowest BCUT2D eigenvalue weighted by atomic mass is 10.1. The Balaban J connectivity index is 1.62. The fourth-order valence-electron chi connectivity index (χ4n) is 2.75. The van der Waals surface area contributed by atoms with Gasteiger partial charge in [-0.15, -0.1) is 0 Å². The first kappa shape index (κ1) is 18.5. The largest absolute Gasteiger partial charge is 0.370 e. The summed E-state index contributed by atoms with van der Waals surface area (Å²) in [5.74, 6) is -1.24. The number of rotatable bonds is 5. The van der Waals surface area contributed by atoms with Crippen LogP contribution in [0, 0.1) is 5.82 Å². The van der Waals surface area contributed by atoms with Crippen LogP contribution in [0.25, 0.3) is 0 Å². The minimum absolute atomic E-state index is 0.253. The minimum atomic E-state index is -4.09. The van der Waals surface area contributed by atoms with Crippen LogP contribution in [-0.2, 0) is 19.6 Å². The Bertz CT molecular complexity index is 874. The fourth-order valence-corrected chi connectivity index (χ4v) is 3.81. The van der Waals surface area contributed by atoms with Crippen molar-refractivity contribution in [2.24, 2.45) is 0 Å². The van der Waals surface area contributed by atoms with Crippen LogP contribution in [0.5, 0.6) is 0 Å². The summed E-state index contributed by atoms with van der Waals surface area (Å²) in [5.41, 5.74) is 0.955. The van der Waals surface area contributed by atoms with E-state index in [2.05, 4.69) is 4.72 Å². The molecule has 3 rings (SSSR count). The van der Waals surface area contributed by atoms with Gasteiger partial charge in [0.25, 0.3) is 0 Å². The van der Waals surface area contributed by atoms with Crippen molar-refractivity contribution in [2.45, 2.75) is 11.0 Å². The van der Waals surface area contributed by atoms with Crippen LogP contribution in [-0.4, -0.2) is 45.5 Å². The normalized spacial score (nSPS) is 17.9. The number of halogens is 1. The topological polar surface area (TPSA) is 75.7 Å². The van der Waals surface area contributed by atoms with Gasteiger partial charge in [0, 0.05) is 6.54 Å². The van der Waals surface area contributed by atoms with Gasteiger partial charge < -0.3 is 9.64 Å². The van der Waals surface area contributed by atoms with E-state index in [9.17, 15) is 17.6 Å². The highest BCUT2D eigenvalue weighted by atomic mass is 32.2. The van der Waals surface area contributed by atoms with E-state index in [-0.39, 0.29) is 12.0 Å². The van der Waals surface area contributed by atoms with Crippen LogP contribution in [0.15, 0.2) is 59.5 Å². The van der Waals surface area contributed by atoms with E-state index < -0.39 is 27.3 Å². The van der Waals surface area contributed by atoms with Gasteiger partial charge in [-0.3, -0.25) is 4.79 Å². The summed E-state index contributed by atoms with van der Waals surface area (Å²) in [4.78, 5) is 13.5. The average molecular weight is 378 g/mol. The van der Waals surface area contributed by atoms with Crippen molar-refractivity contribution in [3.05, 3.63) is 66.0 Å². The van der Waals surface area contributed by atoms with Gasteiger partial charge in [0.1, 0.15) is 16.8 Å². The highest BCUT2D eigenvalue weighted by molar-refractivity contribution is 7.89. The second-order valence-corrected chi connectivity index (χ2v) is 7.60. The quantitative estimate of drug-likeness (QED) is 0.859. The maximum atomic E-state index is 13.7. The summed E-state index contributed by atoms with van der Waals surface area (Å²) in [6.45, 7) is 0.650. The highest BCUT2D eigenvalue weighted by Crippen LogP contribution is 2.22. The Morgan fingerprint density at radius 3 is 2.58 bits per heavy atom. The molecule has 8 heteroatoms. The molecule has 2 aromatic carbocycles. The van der Waals surface area contributed by atoms with E-state index in [1.54, 1.807) is 4.90 Å². The summed E-state index contributed by atoms with van der Waals surface area (Å²) in [5, 5.41) is 0. The van der Waals surface area contributed by atoms with E-state index in [4.69, 9.17) is 4.74 Å². The van der Waals surface area contributed by atoms with Crippen molar-refractivity contribution in [3.63, 3.8) is 0 Å². The van der Waals surface area contributed by atoms with E-state index in [0.29, 0.717) is 19.7 Å². The summed E-state index contributed by atoms with van der Waals surface area (Å²) in [6.07, 6.45) is -0.253. The minimum Gasteiger partial charge on any atom is -0.370 e. The lowest BCUT2D eigenvalue weighted by molar-refractivity contribution is -0.137. The van der Waals surface area contributed by atoms with Gasteiger partial charge in [-0.05, 0) is 17.7 Å². The standard InChI is InChI=1S/C18H19FN2O4S/c19-15-8-4-5-9-17(15)26(23,24)20-12-18(22)21-10-11-25-16(13-21)14-6-2-1-3-7-14/h1-9,16,20H,10-13H2. The molecule has 1 aliphatic rings. The second kappa shape index (κ2) is 7.94. The van der Waals surface area contributed by atoms with Crippen LogP contribution in [0.3, 0.4) is 0 Å². The van der Waals surface area contributed by atoms with E-state index in [1.807, 2.05) is 30.3 Å². The molecule has 1 aliphatic heterocycles. The molecule has 1 N–H and O–H groups in total. The van der Waals surface area contributed by atoms with Crippen molar-refractivity contribution in [1.29, 1.82) is 0 Å². The third-order valence-corrected chi connectivity index (χ3v) is 5.56. The van der Waals surface area contributed by atoms with Crippen molar-refractivity contribution in [2.75, 3.05) is 26.2 Å². The molecule has 1 heterocycles. The summed E-state index contributed by atoms with van der Waals surface area (Å²) in [7, 11) is -4.09.